The Morgan fingerprint density at radius 1 is 0.492 bits per heavy atom. The first-order chi connectivity index (χ1) is 30.0. The quantitative estimate of drug-likeness (QED) is 0.0322. The summed E-state index contributed by atoms with van der Waals surface area (Å²) in [5.74, 6) is -0.591. The zero-order chi connectivity index (χ0) is 44.5. The Morgan fingerprint density at radius 3 is 1.38 bits per heavy atom. The van der Waals surface area contributed by atoms with Crippen LogP contribution >= 0.6 is 0 Å². The van der Waals surface area contributed by atoms with Gasteiger partial charge in [0.2, 0.25) is 5.91 Å². The first kappa shape index (κ1) is 58.3. The monoisotopic (exact) mass is 852 g/mol. The Balaban J connectivity index is 4.59. The highest BCUT2D eigenvalue weighted by atomic mass is 16.5. The molecule has 1 amide bonds. The van der Waals surface area contributed by atoms with Crippen molar-refractivity contribution in [3.8, 4) is 0 Å². The van der Waals surface area contributed by atoms with Gasteiger partial charge in [0.25, 0.3) is 0 Å². The smallest absolute Gasteiger partial charge is 0.306 e. The summed E-state index contributed by atoms with van der Waals surface area (Å²) in [5, 5.41) is 23.7. The van der Waals surface area contributed by atoms with Gasteiger partial charge in [-0.3, -0.25) is 9.59 Å². The van der Waals surface area contributed by atoms with Crippen molar-refractivity contribution in [3.63, 3.8) is 0 Å². The van der Waals surface area contributed by atoms with E-state index in [0.29, 0.717) is 19.3 Å². The maximum Gasteiger partial charge on any atom is 0.306 e. The summed E-state index contributed by atoms with van der Waals surface area (Å²) in [4.78, 5) is 26.0. The number of aliphatic hydroxyl groups excluding tert-OH is 2. The van der Waals surface area contributed by atoms with Gasteiger partial charge in [-0.05, 0) is 83.5 Å². The molecule has 0 aliphatic heterocycles. The SMILES string of the molecule is CC/C=C/C/C=C/C/C=C/C/C=C/C/C=C/CCC(=O)OC(CCCCC/C=C\CCCCC)CC(=O)NC(CO)C(O)CCCCCCCCCCCCCCCCCC. The average molecular weight is 852 g/mol. The molecule has 61 heavy (non-hydrogen) atoms. The van der Waals surface area contributed by atoms with E-state index >= 15 is 0 Å². The van der Waals surface area contributed by atoms with Crippen molar-refractivity contribution in [1.82, 2.24) is 5.32 Å². The molecule has 0 saturated heterocycles. The zero-order valence-electron chi connectivity index (χ0n) is 40.0. The molecule has 0 radical (unpaired) electrons. The number of aliphatic hydroxyl groups is 2. The van der Waals surface area contributed by atoms with E-state index in [1.807, 2.05) is 6.08 Å². The maximum atomic E-state index is 13.2. The van der Waals surface area contributed by atoms with E-state index in [9.17, 15) is 19.8 Å². The Bertz CT molecular complexity index is 1140. The van der Waals surface area contributed by atoms with E-state index in [0.717, 1.165) is 83.5 Å². The molecule has 0 bridgehead atoms. The van der Waals surface area contributed by atoms with Crippen LogP contribution in [0.1, 0.15) is 239 Å². The molecule has 0 aliphatic rings. The number of nitrogens with one attached hydrogen (secondary N) is 1. The predicted octanol–water partition coefficient (Wildman–Crippen LogP) is 15.4. The van der Waals surface area contributed by atoms with Crippen LogP contribution in [-0.4, -0.2) is 46.9 Å². The zero-order valence-corrected chi connectivity index (χ0v) is 40.0. The third-order valence-corrected chi connectivity index (χ3v) is 11.3. The standard InChI is InChI=1S/C55H97NO5/c1-4-7-10-13-16-19-22-24-26-28-30-32-35-38-41-44-47-53(58)52(50-57)56-54(59)49-51(46-43-40-37-34-21-18-15-12-9-6-3)61-55(60)48-45-42-39-36-33-31-29-27-25-23-20-17-14-11-8-5-2/h8,11,17-18,20-21,25,27,31,33,39,42,51-53,57-58H,4-7,9-10,12-16,19,22-24,26,28-30,32,34-38,40-41,43-50H2,1-3H3,(H,56,59)/b11-8+,20-17+,21-18-,27-25+,33-31+,42-39+. The van der Waals surface area contributed by atoms with Crippen molar-refractivity contribution < 1.29 is 24.5 Å². The number of rotatable bonds is 45. The highest BCUT2D eigenvalue weighted by molar-refractivity contribution is 5.77. The van der Waals surface area contributed by atoms with E-state index in [1.54, 1.807) is 0 Å². The lowest BCUT2D eigenvalue weighted by Crippen LogP contribution is -2.46. The molecule has 3 atom stereocenters. The first-order valence-corrected chi connectivity index (χ1v) is 25.7. The van der Waals surface area contributed by atoms with Crippen LogP contribution in [0.5, 0.6) is 0 Å². The Hall–Kier alpha value is -2.70. The number of hydrogen-bond acceptors (Lipinski definition) is 5. The number of esters is 1. The molecule has 0 heterocycles. The van der Waals surface area contributed by atoms with Crippen LogP contribution in [0, 0.1) is 0 Å². The number of allylic oxidation sites excluding steroid dienone is 12. The van der Waals surface area contributed by atoms with Crippen molar-refractivity contribution in [1.29, 1.82) is 0 Å². The Morgan fingerprint density at radius 2 is 0.885 bits per heavy atom. The molecule has 0 fully saturated rings. The van der Waals surface area contributed by atoms with Crippen LogP contribution in [0.15, 0.2) is 72.9 Å². The minimum atomic E-state index is -0.805. The number of carbonyl (C=O) groups is 2. The number of hydrogen-bond donors (Lipinski definition) is 3. The Labute approximate surface area is 377 Å². The number of unbranched alkanes of at least 4 members (excludes halogenated alkanes) is 21. The molecule has 6 nitrogen and oxygen atoms in total. The number of carbonyl (C=O) groups excluding carboxylic acids is 2. The second-order valence-corrected chi connectivity index (χ2v) is 17.2. The van der Waals surface area contributed by atoms with Gasteiger partial charge in [-0.1, -0.05) is 216 Å². The van der Waals surface area contributed by atoms with Crippen molar-refractivity contribution in [2.24, 2.45) is 0 Å². The lowest BCUT2D eigenvalue weighted by Gasteiger charge is -2.24. The minimum Gasteiger partial charge on any atom is -0.462 e. The summed E-state index contributed by atoms with van der Waals surface area (Å²) < 4.78 is 5.87. The second kappa shape index (κ2) is 48.3. The van der Waals surface area contributed by atoms with Crippen LogP contribution in [0.3, 0.4) is 0 Å². The normalized spacial score (nSPS) is 13.9. The van der Waals surface area contributed by atoms with Gasteiger partial charge in [0.15, 0.2) is 0 Å². The van der Waals surface area contributed by atoms with Crippen molar-refractivity contribution >= 4 is 11.9 Å². The summed E-state index contributed by atoms with van der Waals surface area (Å²) in [7, 11) is 0. The van der Waals surface area contributed by atoms with Gasteiger partial charge < -0.3 is 20.3 Å². The molecule has 0 aromatic heterocycles. The van der Waals surface area contributed by atoms with Crippen LogP contribution in [0.2, 0.25) is 0 Å². The van der Waals surface area contributed by atoms with Gasteiger partial charge in [0.1, 0.15) is 6.10 Å². The number of ether oxygens (including phenoxy) is 1. The van der Waals surface area contributed by atoms with Gasteiger partial charge in [0, 0.05) is 6.42 Å². The van der Waals surface area contributed by atoms with Crippen molar-refractivity contribution in [2.45, 2.75) is 257 Å². The third kappa shape index (κ3) is 43.7. The molecule has 0 rings (SSSR count). The molecule has 0 aromatic carbocycles. The van der Waals surface area contributed by atoms with Crippen LogP contribution in [0.25, 0.3) is 0 Å². The van der Waals surface area contributed by atoms with Crippen LogP contribution in [-0.2, 0) is 14.3 Å². The van der Waals surface area contributed by atoms with Crippen LogP contribution < -0.4 is 5.32 Å². The van der Waals surface area contributed by atoms with Gasteiger partial charge >= 0.3 is 5.97 Å². The van der Waals surface area contributed by atoms with E-state index < -0.39 is 18.2 Å². The molecule has 352 valence electrons. The lowest BCUT2D eigenvalue weighted by atomic mass is 10.0. The topological polar surface area (TPSA) is 95.9 Å². The first-order valence-electron chi connectivity index (χ1n) is 25.7. The van der Waals surface area contributed by atoms with Crippen molar-refractivity contribution in [3.05, 3.63) is 72.9 Å². The summed E-state index contributed by atoms with van der Waals surface area (Å²) in [6.45, 7) is 6.32. The van der Waals surface area contributed by atoms with E-state index in [4.69, 9.17) is 4.74 Å². The fourth-order valence-electron chi connectivity index (χ4n) is 7.41. The van der Waals surface area contributed by atoms with Gasteiger partial charge in [-0.15, -0.1) is 0 Å². The summed E-state index contributed by atoms with van der Waals surface area (Å²) in [5.41, 5.74) is 0. The van der Waals surface area contributed by atoms with Crippen LogP contribution in [0.4, 0.5) is 0 Å². The molecule has 0 aromatic rings. The molecular formula is C55H97NO5. The molecule has 3 unspecified atom stereocenters. The molecule has 3 N–H and O–H groups in total. The summed E-state index contributed by atoms with van der Waals surface area (Å²) in [6, 6.07) is -0.723. The minimum absolute atomic E-state index is 0.0347. The Kier molecular flexibility index (Phi) is 46.2. The molecule has 0 aliphatic carbocycles. The maximum absolute atomic E-state index is 13.2. The van der Waals surface area contributed by atoms with Crippen molar-refractivity contribution in [2.75, 3.05) is 6.61 Å². The van der Waals surface area contributed by atoms with Gasteiger partial charge in [-0.25, -0.2) is 0 Å². The predicted molar refractivity (Wildman–Crippen MR) is 264 cm³/mol. The fourth-order valence-corrected chi connectivity index (χ4v) is 7.41. The average Bonchev–Trinajstić information content (AvgIpc) is 3.25. The second-order valence-electron chi connectivity index (χ2n) is 17.2. The largest absolute Gasteiger partial charge is 0.462 e. The van der Waals surface area contributed by atoms with E-state index in [-0.39, 0.29) is 31.3 Å². The van der Waals surface area contributed by atoms with E-state index in [1.165, 1.54) is 103 Å². The molecule has 0 saturated carbocycles. The summed E-state index contributed by atoms with van der Waals surface area (Å²) in [6.07, 6.45) is 61.2. The van der Waals surface area contributed by atoms with Gasteiger partial charge in [0.05, 0.1) is 25.2 Å². The highest BCUT2D eigenvalue weighted by Gasteiger charge is 2.24. The number of amides is 1. The van der Waals surface area contributed by atoms with Gasteiger partial charge in [-0.2, -0.15) is 0 Å². The molecule has 0 spiro atoms. The van der Waals surface area contributed by atoms with E-state index in [2.05, 4.69) is 92.9 Å². The summed E-state index contributed by atoms with van der Waals surface area (Å²) >= 11 is 0. The highest BCUT2D eigenvalue weighted by Crippen LogP contribution is 2.17. The molecule has 6 heteroatoms. The third-order valence-electron chi connectivity index (χ3n) is 11.3. The lowest BCUT2D eigenvalue weighted by molar-refractivity contribution is -0.150. The fraction of sp³-hybridized carbons (Fsp3) is 0.745. The molecular weight excluding hydrogens is 755 g/mol.